The van der Waals surface area contributed by atoms with Crippen molar-refractivity contribution in [1.82, 2.24) is 15.3 Å². The van der Waals surface area contributed by atoms with Gasteiger partial charge in [0.25, 0.3) is 5.91 Å². The minimum Gasteiger partial charge on any atom is -0.490 e. The van der Waals surface area contributed by atoms with Crippen LogP contribution in [0.1, 0.15) is 54.6 Å². The number of aromatic nitrogens is 2. The summed E-state index contributed by atoms with van der Waals surface area (Å²) in [4.78, 5) is 34.3. The van der Waals surface area contributed by atoms with Crippen LogP contribution in [0.2, 0.25) is 5.02 Å². The van der Waals surface area contributed by atoms with Crippen LogP contribution in [0.5, 0.6) is 5.75 Å². The second-order valence-electron chi connectivity index (χ2n) is 8.54. The summed E-state index contributed by atoms with van der Waals surface area (Å²) in [7, 11) is 0. The molecule has 0 spiro atoms. The normalized spacial score (nSPS) is 21.2. The van der Waals surface area contributed by atoms with Crippen molar-refractivity contribution in [3.63, 3.8) is 0 Å². The molecule has 0 bridgehead atoms. The predicted octanol–water partition coefficient (Wildman–Crippen LogP) is 3.54. The first kappa shape index (κ1) is 23.0. The Bertz CT molecular complexity index is 1020. The number of piperidine rings is 1. The molecular weight excluding hydrogens is 442 g/mol. The van der Waals surface area contributed by atoms with Gasteiger partial charge in [-0.25, -0.2) is 9.97 Å². The second kappa shape index (κ2) is 10.6. The van der Waals surface area contributed by atoms with Crippen molar-refractivity contribution in [3.05, 3.63) is 46.9 Å². The van der Waals surface area contributed by atoms with E-state index in [-0.39, 0.29) is 24.0 Å². The van der Waals surface area contributed by atoms with Gasteiger partial charge in [-0.3, -0.25) is 4.79 Å². The molecule has 2 aromatic rings. The number of amides is 1. The molecule has 1 saturated carbocycles. The maximum Gasteiger partial charge on any atom is 0.271 e. The van der Waals surface area contributed by atoms with Gasteiger partial charge < -0.3 is 19.7 Å². The van der Waals surface area contributed by atoms with E-state index in [2.05, 4.69) is 20.2 Å². The average Bonchev–Trinajstić information content (AvgIpc) is 2.85. The van der Waals surface area contributed by atoms with E-state index in [1.807, 2.05) is 6.07 Å². The number of anilines is 1. The lowest BCUT2D eigenvalue weighted by molar-refractivity contribution is -0.111. The number of nitrogens with one attached hydrogen (secondary N) is 1. The highest BCUT2D eigenvalue weighted by atomic mass is 35.5. The van der Waals surface area contributed by atoms with Crippen LogP contribution in [-0.2, 0) is 4.79 Å². The third-order valence-electron chi connectivity index (χ3n) is 6.30. The van der Waals surface area contributed by atoms with Gasteiger partial charge in [0, 0.05) is 31.1 Å². The third-order valence-corrected chi connectivity index (χ3v) is 6.61. The molecule has 2 fully saturated rings. The summed E-state index contributed by atoms with van der Waals surface area (Å²) in [6, 6.07) is 7.18. The molecule has 1 aliphatic heterocycles. The lowest BCUT2D eigenvalue weighted by Gasteiger charge is -2.30. The largest absolute Gasteiger partial charge is 0.490 e. The molecule has 9 heteroatoms. The highest BCUT2D eigenvalue weighted by Crippen LogP contribution is 2.27. The van der Waals surface area contributed by atoms with Crippen LogP contribution < -0.4 is 15.0 Å². The van der Waals surface area contributed by atoms with Crippen LogP contribution >= 0.6 is 11.6 Å². The molecule has 0 atom stereocenters. The predicted molar refractivity (Wildman–Crippen MR) is 123 cm³/mol. The van der Waals surface area contributed by atoms with E-state index in [0.29, 0.717) is 22.0 Å². The Morgan fingerprint density at radius 3 is 2.52 bits per heavy atom. The molecule has 4 rings (SSSR count). The molecule has 2 heterocycles. The number of ether oxygens (including phenoxy) is 1. The summed E-state index contributed by atoms with van der Waals surface area (Å²) >= 11 is 6.08. The zero-order valence-electron chi connectivity index (χ0n) is 18.2. The molecule has 0 unspecified atom stereocenters. The Balaban J connectivity index is 1.24. The lowest BCUT2D eigenvalue weighted by Crippen LogP contribution is -2.40. The monoisotopic (exact) mass is 467 g/mol. The molecule has 1 saturated heterocycles. The van der Waals surface area contributed by atoms with E-state index in [1.165, 1.54) is 6.20 Å². The van der Waals surface area contributed by atoms with Gasteiger partial charge in [-0.1, -0.05) is 11.6 Å². The van der Waals surface area contributed by atoms with E-state index in [4.69, 9.17) is 21.6 Å². The molecule has 1 amide bonds. The van der Waals surface area contributed by atoms with Crippen molar-refractivity contribution in [2.24, 2.45) is 5.92 Å². The van der Waals surface area contributed by atoms with Crippen LogP contribution in [0.15, 0.2) is 30.6 Å². The van der Waals surface area contributed by atoms with Crippen LogP contribution in [0.4, 0.5) is 5.82 Å². The fraction of sp³-hybridized carbons (Fsp3) is 0.458. The third kappa shape index (κ3) is 5.79. The average molecular weight is 468 g/mol. The number of carbonyl (C=O) groups excluding carboxylic acids is 2. The summed E-state index contributed by atoms with van der Waals surface area (Å²) in [5.74, 6) is 1.28. The Kier molecular flexibility index (Phi) is 7.40. The van der Waals surface area contributed by atoms with Crippen molar-refractivity contribution in [2.75, 3.05) is 18.0 Å². The Labute approximate surface area is 197 Å². The highest BCUT2D eigenvalue weighted by Gasteiger charge is 2.25. The fourth-order valence-corrected chi connectivity index (χ4v) is 4.52. The maximum absolute atomic E-state index is 12.6. The first-order chi connectivity index (χ1) is 16.1. The van der Waals surface area contributed by atoms with E-state index in [0.717, 1.165) is 63.7 Å². The number of carbonyl (C=O) groups is 2. The molecule has 1 aliphatic carbocycles. The Morgan fingerprint density at radius 1 is 1.15 bits per heavy atom. The van der Waals surface area contributed by atoms with E-state index < -0.39 is 0 Å². The molecule has 33 heavy (non-hydrogen) atoms. The van der Waals surface area contributed by atoms with Crippen molar-refractivity contribution in [2.45, 2.75) is 50.7 Å². The summed E-state index contributed by atoms with van der Waals surface area (Å²) in [6.07, 6.45) is 9.07. The van der Waals surface area contributed by atoms with Crippen molar-refractivity contribution >= 4 is 29.6 Å². The van der Waals surface area contributed by atoms with Crippen molar-refractivity contribution < 1.29 is 14.3 Å². The molecule has 1 N–H and O–H groups in total. The number of aldehydes is 1. The van der Waals surface area contributed by atoms with Crippen LogP contribution in [0, 0.1) is 17.2 Å². The summed E-state index contributed by atoms with van der Waals surface area (Å²) in [5.41, 5.74) is 0.723. The standard InChI is InChI=1S/C24H26ClN5O3/c25-21-11-20(4-1-17(21)12-26)33-19-5-2-18(3-6-19)29-24(32)22-13-28-23(14-27-22)30-9-7-16(15-31)8-10-30/h1,4,11,13-16,18-19H,2-3,5-10H2,(H,29,32). The summed E-state index contributed by atoms with van der Waals surface area (Å²) in [6.45, 7) is 1.53. The lowest BCUT2D eigenvalue weighted by atomic mass is 9.93. The number of benzene rings is 1. The minimum atomic E-state index is -0.225. The van der Waals surface area contributed by atoms with Crippen molar-refractivity contribution in [3.8, 4) is 11.8 Å². The van der Waals surface area contributed by atoms with Gasteiger partial charge in [0.05, 0.1) is 29.1 Å². The van der Waals surface area contributed by atoms with Crippen molar-refractivity contribution in [1.29, 1.82) is 5.26 Å². The first-order valence-electron chi connectivity index (χ1n) is 11.2. The van der Waals surface area contributed by atoms with Gasteiger partial charge >= 0.3 is 0 Å². The fourth-order valence-electron chi connectivity index (χ4n) is 4.30. The number of nitrogens with zero attached hydrogens (tertiary/aromatic N) is 4. The summed E-state index contributed by atoms with van der Waals surface area (Å²) < 4.78 is 6.01. The number of hydrogen-bond donors (Lipinski definition) is 1. The van der Waals surface area contributed by atoms with Crippen LogP contribution in [-0.4, -0.2) is 47.4 Å². The number of rotatable bonds is 6. The zero-order chi connectivity index (χ0) is 23.2. The van der Waals surface area contributed by atoms with Gasteiger partial charge in [0.1, 0.15) is 29.6 Å². The maximum atomic E-state index is 12.6. The minimum absolute atomic E-state index is 0.0459. The molecule has 8 nitrogen and oxygen atoms in total. The van der Waals surface area contributed by atoms with E-state index in [9.17, 15) is 9.59 Å². The summed E-state index contributed by atoms with van der Waals surface area (Å²) in [5, 5.41) is 12.4. The van der Waals surface area contributed by atoms with Gasteiger partial charge in [-0.15, -0.1) is 0 Å². The second-order valence-corrected chi connectivity index (χ2v) is 8.95. The number of hydrogen-bond acceptors (Lipinski definition) is 7. The molecule has 172 valence electrons. The number of halogens is 1. The van der Waals surface area contributed by atoms with Gasteiger partial charge in [-0.05, 0) is 50.7 Å². The molecule has 2 aliphatic rings. The van der Waals surface area contributed by atoms with E-state index in [1.54, 1.807) is 24.4 Å². The Morgan fingerprint density at radius 2 is 1.91 bits per heavy atom. The van der Waals surface area contributed by atoms with E-state index >= 15 is 0 Å². The van der Waals surface area contributed by atoms with Crippen LogP contribution in [0.3, 0.4) is 0 Å². The van der Waals surface area contributed by atoms with Gasteiger partial charge in [0.15, 0.2) is 0 Å². The smallest absolute Gasteiger partial charge is 0.271 e. The first-order valence-corrected chi connectivity index (χ1v) is 11.6. The molecule has 1 aromatic carbocycles. The van der Waals surface area contributed by atoms with Crippen LogP contribution in [0.25, 0.3) is 0 Å². The topological polar surface area (TPSA) is 108 Å². The molecule has 1 aromatic heterocycles. The van der Waals surface area contributed by atoms with Gasteiger partial charge in [0.2, 0.25) is 0 Å². The Hall–Kier alpha value is -3.18. The highest BCUT2D eigenvalue weighted by molar-refractivity contribution is 6.31. The zero-order valence-corrected chi connectivity index (χ0v) is 19.0. The molecule has 0 radical (unpaired) electrons. The molecular formula is C24H26ClN5O3. The van der Waals surface area contributed by atoms with Gasteiger partial charge in [-0.2, -0.15) is 5.26 Å². The quantitative estimate of drug-likeness (QED) is 0.647. The SMILES string of the molecule is N#Cc1ccc(OC2CCC(NC(=O)c3cnc(N4CCC(C=O)CC4)cn3)CC2)cc1Cl. The number of nitriles is 1.